The molecule has 6 heteroatoms. The van der Waals surface area contributed by atoms with Crippen LogP contribution in [0.3, 0.4) is 0 Å². The molecule has 21 heavy (non-hydrogen) atoms. The molecule has 0 radical (unpaired) electrons. The first kappa shape index (κ1) is 16.2. The molecule has 0 amide bonds. The van der Waals surface area contributed by atoms with E-state index in [1.54, 1.807) is 0 Å². The molecule has 0 aromatic carbocycles. The maximum atomic E-state index is 14.3. The predicted octanol–water partition coefficient (Wildman–Crippen LogP) is 3.00. The summed E-state index contributed by atoms with van der Waals surface area (Å²) in [4.78, 5) is 1.62. The predicted molar refractivity (Wildman–Crippen MR) is 85.4 cm³/mol. The zero-order chi connectivity index (χ0) is 15.7. The van der Waals surface area contributed by atoms with Crippen LogP contribution >= 0.6 is 11.3 Å². The van der Waals surface area contributed by atoms with Gasteiger partial charge in [-0.2, -0.15) is 0 Å². The molecule has 0 spiro atoms. The van der Waals surface area contributed by atoms with E-state index >= 15 is 0 Å². The van der Waals surface area contributed by atoms with Gasteiger partial charge in [0.15, 0.2) is 0 Å². The summed E-state index contributed by atoms with van der Waals surface area (Å²) in [5.41, 5.74) is 3.80. The number of rotatable bonds is 2. The quantitative estimate of drug-likeness (QED) is 0.675. The van der Waals surface area contributed by atoms with Gasteiger partial charge in [-0.1, -0.05) is 11.8 Å². The van der Waals surface area contributed by atoms with Crippen molar-refractivity contribution in [2.24, 2.45) is 5.73 Å². The molecule has 0 unspecified atom stereocenters. The lowest BCUT2D eigenvalue weighted by Gasteiger charge is -2.32. The molecule has 2 heterocycles. The minimum Gasteiger partial charge on any atom is -0.398 e. The molecule has 0 atom stereocenters. The Morgan fingerprint density at radius 1 is 1.33 bits per heavy atom. The molecule has 1 aliphatic heterocycles. The van der Waals surface area contributed by atoms with Gasteiger partial charge in [-0.15, -0.1) is 11.3 Å². The van der Waals surface area contributed by atoms with Crippen LogP contribution in [0.25, 0.3) is 6.08 Å². The van der Waals surface area contributed by atoms with Crippen molar-refractivity contribution in [1.82, 2.24) is 0 Å². The van der Waals surface area contributed by atoms with Crippen LogP contribution in [0.15, 0.2) is 17.9 Å². The Labute approximate surface area is 129 Å². The maximum absolute atomic E-state index is 14.3. The number of nitrogens with two attached hydrogens (primary N) is 1. The van der Waals surface area contributed by atoms with Gasteiger partial charge in [0.05, 0.1) is 22.6 Å². The second-order valence-corrected chi connectivity index (χ2v) is 6.94. The average Bonchev–Trinajstić information content (AvgIpc) is 2.90. The number of hydrogen-bond acceptors (Lipinski definition) is 4. The Balaban J connectivity index is 2.14. The van der Waals surface area contributed by atoms with Crippen LogP contribution in [0.1, 0.15) is 37.4 Å². The molecule has 0 bridgehead atoms. The molecule has 112 valence electrons. The minimum atomic E-state index is -0.962. The lowest BCUT2D eigenvalue weighted by atomic mass is 9.87. The second-order valence-electron chi connectivity index (χ2n) is 5.83. The van der Waals surface area contributed by atoms with Gasteiger partial charge < -0.3 is 15.0 Å². The smallest absolute Gasteiger partial charge is 0.398 e. The summed E-state index contributed by atoms with van der Waals surface area (Å²) in [6.45, 7) is 7.89. The van der Waals surface area contributed by atoms with Crippen LogP contribution in [-0.2, 0) is 9.31 Å². The Bertz CT molecular complexity index is 597. The molecule has 2 rings (SSSR count). The molecule has 1 aliphatic rings. The third kappa shape index (κ3) is 3.56. The largest absolute Gasteiger partial charge is 0.525 e. The fourth-order valence-electron chi connectivity index (χ4n) is 1.80. The minimum absolute atomic E-state index is 0.311. The molecule has 1 aromatic heterocycles. The molecule has 2 N–H and O–H groups in total. The zero-order valence-corrected chi connectivity index (χ0v) is 13.5. The molecule has 1 fully saturated rings. The van der Waals surface area contributed by atoms with Gasteiger partial charge in [-0.05, 0) is 45.9 Å². The van der Waals surface area contributed by atoms with Crippen LogP contribution in [0.5, 0.6) is 0 Å². The van der Waals surface area contributed by atoms with Gasteiger partial charge in [0.2, 0.25) is 0 Å². The standard InChI is InChI=1S/C15H19BFNO2S/c1-14(2)15(3,4)20-16(19-14)13(17)10-12-8-7-11(21-12)6-5-9-18/h7-8,10H,9,18H2,1-4H3. The van der Waals surface area contributed by atoms with Crippen molar-refractivity contribution in [3.8, 4) is 11.8 Å². The molecular formula is C15H19BFNO2S. The summed E-state index contributed by atoms with van der Waals surface area (Å²) < 4.78 is 25.6. The van der Waals surface area contributed by atoms with E-state index in [2.05, 4.69) is 11.8 Å². The number of halogens is 1. The van der Waals surface area contributed by atoms with E-state index < -0.39 is 24.0 Å². The molecule has 3 nitrogen and oxygen atoms in total. The van der Waals surface area contributed by atoms with Gasteiger partial charge in [0.1, 0.15) is 5.73 Å². The van der Waals surface area contributed by atoms with Gasteiger partial charge >= 0.3 is 7.12 Å². The average molecular weight is 307 g/mol. The summed E-state index contributed by atoms with van der Waals surface area (Å²) in [6.07, 6.45) is 1.43. The highest BCUT2D eigenvalue weighted by atomic mass is 32.1. The van der Waals surface area contributed by atoms with E-state index in [9.17, 15) is 4.39 Å². The van der Waals surface area contributed by atoms with E-state index in [1.165, 1.54) is 17.4 Å². The molecular weight excluding hydrogens is 288 g/mol. The van der Waals surface area contributed by atoms with E-state index in [-0.39, 0.29) is 0 Å². The number of thiophene rings is 1. The number of hydrogen-bond donors (Lipinski definition) is 1. The van der Waals surface area contributed by atoms with Gasteiger partial charge in [0, 0.05) is 4.88 Å². The van der Waals surface area contributed by atoms with Crippen molar-refractivity contribution in [3.05, 3.63) is 27.6 Å². The topological polar surface area (TPSA) is 44.5 Å². The normalized spacial score (nSPS) is 20.3. The third-order valence-electron chi connectivity index (χ3n) is 3.70. The lowest BCUT2D eigenvalue weighted by Crippen LogP contribution is -2.41. The summed E-state index contributed by atoms with van der Waals surface area (Å²) in [7, 11) is -0.962. The lowest BCUT2D eigenvalue weighted by molar-refractivity contribution is 0.00578. The Kier molecular flexibility index (Phi) is 4.59. The van der Waals surface area contributed by atoms with Crippen molar-refractivity contribution in [2.45, 2.75) is 38.9 Å². The molecule has 0 saturated carbocycles. The van der Waals surface area contributed by atoms with Gasteiger partial charge in [-0.25, -0.2) is 4.39 Å². The van der Waals surface area contributed by atoms with Crippen LogP contribution in [0.4, 0.5) is 4.39 Å². The molecule has 1 saturated heterocycles. The summed E-state index contributed by atoms with van der Waals surface area (Å²) >= 11 is 1.40. The molecule has 1 aromatic rings. The van der Waals surface area contributed by atoms with Crippen molar-refractivity contribution in [3.63, 3.8) is 0 Å². The van der Waals surface area contributed by atoms with Gasteiger partial charge in [-0.3, -0.25) is 0 Å². The van der Waals surface area contributed by atoms with Crippen LogP contribution < -0.4 is 5.73 Å². The first-order valence-electron chi connectivity index (χ1n) is 6.77. The fourth-order valence-corrected chi connectivity index (χ4v) is 2.62. The Hall–Kier alpha value is -1.13. The maximum Gasteiger partial charge on any atom is 0.525 e. The summed E-state index contributed by atoms with van der Waals surface area (Å²) in [6, 6.07) is 3.66. The van der Waals surface area contributed by atoms with Crippen molar-refractivity contribution in [2.75, 3.05) is 6.54 Å². The SMILES string of the molecule is CC1(C)OB(C(F)=Cc2ccc(C#CCN)s2)OC1(C)C. The second kappa shape index (κ2) is 5.94. The summed E-state index contributed by atoms with van der Waals surface area (Å²) in [5.74, 6) is 5.70. The third-order valence-corrected chi connectivity index (χ3v) is 4.65. The van der Waals surface area contributed by atoms with Crippen LogP contribution in [-0.4, -0.2) is 24.9 Å². The highest BCUT2D eigenvalue weighted by molar-refractivity contribution is 7.13. The molecule has 0 aliphatic carbocycles. The summed E-state index contributed by atoms with van der Waals surface area (Å²) in [5, 5.41) is 0. The van der Waals surface area contributed by atoms with Gasteiger partial charge in [0.25, 0.3) is 0 Å². The Morgan fingerprint density at radius 3 is 2.52 bits per heavy atom. The van der Waals surface area contributed by atoms with Crippen LogP contribution in [0, 0.1) is 11.8 Å². The Morgan fingerprint density at radius 2 is 1.95 bits per heavy atom. The first-order chi connectivity index (χ1) is 9.75. The first-order valence-corrected chi connectivity index (χ1v) is 7.58. The van der Waals surface area contributed by atoms with E-state index in [0.717, 1.165) is 9.75 Å². The zero-order valence-electron chi connectivity index (χ0n) is 12.7. The van der Waals surface area contributed by atoms with E-state index in [1.807, 2.05) is 39.8 Å². The monoisotopic (exact) mass is 307 g/mol. The van der Waals surface area contributed by atoms with Crippen molar-refractivity contribution in [1.29, 1.82) is 0 Å². The van der Waals surface area contributed by atoms with Crippen molar-refractivity contribution < 1.29 is 13.7 Å². The highest BCUT2D eigenvalue weighted by Crippen LogP contribution is 2.39. The fraction of sp³-hybridized carbons (Fsp3) is 0.467. The van der Waals surface area contributed by atoms with Crippen molar-refractivity contribution >= 4 is 24.5 Å². The van der Waals surface area contributed by atoms with E-state index in [0.29, 0.717) is 6.54 Å². The van der Waals surface area contributed by atoms with E-state index in [4.69, 9.17) is 15.0 Å². The highest BCUT2D eigenvalue weighted by Gasteiger charge is 2.53. The van der Waals surface area contributed by atoms with Crippen LogP contribution in [0.2, 0.25) is 0 Å².